The van der Waals surface area contributed by atoms with Crippen LogP contribution in [-0.2, 0) is 17.5 Å². The topological polar surface area (TPSA) is 45.2 Å². The zero-order valence-electron chi connectivity index (χ0n) is 11.5. The molecule has 126 valence electrons. The molecule has 0 spiro atoms. The lowest BCUT2D eigenvalue weighted by atomic mass is 10.2. The third-order valence-corrected chi connectivity index (χ3v) is 3.56. The minimum Gasteiger partial charge on any atom is -0.346 e. The standard InChI is InChI=1S/C11H13F6N3OS/c1-6(9(21)18-5-10(12,13)14)20(2)3-8-19-7(4-22-8)11(15,16)17/h4,6H,3,5H2,1-2H3,(H,18,21)/t6-/m1/s1. The zero-order chi connectivity index (χ0) is 17.1. The van der Waals surface area contributed by atoms with Crippen LogP contribution in [-0.4, -0.2) is 41.6 Å². The third kappa shape index (κ3) is 5.79. The van der Waals surface area contributed by atoms with Crippen molar-refractivity contribution in [2.45, 2.75) is 31.9 Å². The fraction of sp³-hybridized carbons (Fsp3) is 0.636. The molecule has 0 unspecified atom stereocenters. The maximum Gasteiger partial charge on any atom is 0.434 e. The van der Waals surface area contributed by atoms with Gasteiger partial charge < -0.3 is 5.32 Å². The predicted octanol–water partition coefficient (Wildman–Crippen LogP) is 2.66. The number of thiazole rings is 1. The largest absolute Gasteiger partial charge is 0.434 e. The quantitative estimate of drug-likeness (QED) is 0.832. The minimum atomic E-state index is -4.55. The first-order valence-electron chi connectivity index (χ1n) is 5.96. The SMILES string of the molecule is C[C@H](C(=O)NCC(F)(F)F)N(C)Cc1nc(C(F)(F)F)cs1. The van der Waals surface area contributed by atoms with E-state index in [-0.39, 0.29) is 11.6 Å². The van der Waals surface area contributed by atoms with Gasteiger partial charge in [-0.2, -0.15) is 26.3 Å². The summed E-state index contributed by atoms with van der Waals surface area (Å²) in [6, 6.07) is -0.944. The maximum absolute atomic E-state index is 12.4. The lowest BCUT2D eigenvalue weighted by Crippen LogP contribution is -2.45. The first-order chi connectivity index (χ1) is 9.90. The van der Waals surface area contributed by atoms with Crippen molar-refractivity contribution in [2.75, 3.05) is 13.6 Å². The molecule has 0 aliphatic carbocycles. The van der Waals surface area contributed by atoms with Crippen LogP contribution in [0.4, 0.5) is 26.3 Å². The summed E-state index contributed by atoms with van der Waals surface area (Å²) in [7, 11) is 1.41. The molecule has 1 amide bonds. The van der Waals surface area contributed by atoms with Crippen LogP contribution in [0, 0.1) is 0 Å². The highest BCUT2D eigenvalue weighted by molar-refractivity contribution is 7.09. The summed E-state index contributed by atoms with van der Waals surface area (Å²) >= 11 is 0.767. The number of alkyl halides is 6. The highest BCUT2D eigenvalue weighted by atomic mass is 32.1. The van der Waals surface area contributed by atoms with E-state index in [1.54, 1.807) is 5.32 Å². The Hall–Kier alpha value is -1.36. The summed E-state index contributed by atoms with van der Waals surface area (Å²) in [5.74, 6) is -0.868. The Kier molecular flexibility index (Phi) is 5.79. The van der Waals surface area contributed by atoms with Gasteiger partial charge >= 0.3 is 12.4 Å². The summed E-state index contributed by atoms with van der Waals surface area (Å²) in [6.45, 7) is -0.190. The molecule has 1 N–H and O–H groups in total. The molecule has 1 aromatic rings. The molecule has 1 aromatic heterocycles. The second-order valence-corrected chi connectivity index (χ2v) is 5.49. The van der Waals surface area contributed by atoms with Gasteiger partial charge in [-0.05, 0) is 14.0 Å². The van der Waals surface area contributed by atoms with Crippen molar-refractivity contribution in [3.8, 4) is 0 Å². The van der Waals surface area contributed by atoms with Crippen LogP contribution < -0.4 is 5.32 Å². The van der Waals surface area contributed by atoms with Gasteiger partial charge in [-0.3, -0.25) is 9.69 Å². The van der Waals surface area contributed by atoms with E-state index in [9.17, 15) is 31.1 Å². The van der Waals surface area contributed by atoms with Gasteiger partial charge in [-0.1, -0.05) is 0 Å². The second-order valence-electron chi connectivity index (χ2n) is 4.55. The second kappa shape index (κ2) is 6.82. The number of likely N-dealkylation sites (N-methyl/N-ethyl adjacent to an activating group) is 1. The van der Waals surface area contributed by atoms with E-state index in [1.165, 1.54) is 18.9 Å². The molecule has 11 heteroatoms. The van der Waals surface area contributed by atoms with Crippen molar-refractivity contribution < 1.29 is 31.1 Å². The highest BCUT2D eigenvalue weighted by Gasteiger charge is 2.34. The molecule has 0 fully saturated rings. The number of hydrogen-bond donors (Lipinski definition) is 1. The molecule has 0 bridgehead atoms. The molecule has 1 heterocycles. The number of nitrogens with zero attached hydrogens (tertiary/aromatic N) is 2. The van der Waals surface area contributed by atoms with Crippen molar-refractivity contribution >= 4 is 17.2 Å². The van der Waals surface area contributed by atoms with Crippen LogP contribution in [0.15, 0.2) is 5.38 Å². The fourth-order valence-electron chi connectivity index (χ4n) is 1.40. The zero-order valence-corrected chi connectivity index (χ0v) is 12.4. The average molecular weight is 349 g/mol. The minimum absolute atomic E-state index is 0.0820. The molecule has 22 heavy (non-hydrogen) atoms. The molecule has 1 atom stereocenters. The van der Waals surface area contributed by atoms with Crippen LogP contribution >= 0.6 is 11.3 Å². The number of carbonyl (C=O) groups excluding carboxylic acids is 1. The Morgan fingerprint density at radius 1 is 1.36 bits per heavy atom. The van der Waals surface area contributed by atoms with Gasteiger partial charge in [0, 0.05) is 5.38 Å². The highest BCUT2D eigenvalue weighted by Crippen LogP contribution is 2.30. The van der Waals surface area contributed by atoms with Crippen molar-refractivity contribution in [2.24, 2.45) is 0 Å². The molecular weight excluding hydrogens is 336 g/mol. The smallest absolute Gasteiger partial charge is 0.346 e. The van der Waals surface area contributed by atoms with Crippen LogP contribution in [0.2, 0.25) is 0 Å². The van der Waals surface area contributed by atoms with Crippen LogP contribution in [0.3, 0.4) is 0 Å². The maximum atomic E-state index is 12.4. The Labute approximate surface area is 126 Å². The number of rotatable bonds is 5. The van der Waals surface area contributed by atoms with Crippen LogP contribution in [0.5, 0.6) is 0 Å². The van der Waals surface area contributed by atoms with Gasteiger partial charge in [0.15, 0.2) is 5.69 Å². The normalized spacial score (nSPS) is 14.2. The molecule has 0 aliphatic rings. The number of nitrogens with one attached hydrogen (secondary N) is 1. The molecule has 1 rings (SSSR count). The van der Waals surface area contributed by atoms with E-state index in [0.717, 1.165) is 16.7 Å². The molecule has 0 saturated carbocycles. The number of aromatic nitrogens is 1. The van der Waals surface area contributed by atoms with Gasteiger partial charge in [0.1, 0.15) is 11.6 Å². The first-order valence-corrected chi connectivity index (χ1v) is 6.84. The average Bonchev–Trinajstić information content (AvgIpc) is 2.82. The van der Waals surface area contributed by atoms with Crippen molar-refractivity contribution in [3.63, 3.8) is 0 Å². The molecule has 4 nitrogen and oxygen atoms in total. The molecular formula is C11H13F6N3OS. The first kappa shape index (κ1) is 18.7. The Morgan fingerprint density at radius 3 is 2.41 bits per heavy atom. The van der Waals surface area contributed by atoms with Crippen molar-refractivity contribution in [3.05, 3.63) is 16.1 Å². The third-order valence-electron chi connectivity index (χ3n) is 2.73. The van der Waals surface area contributed by atoms with E-state index in [0.29, 0.717) is 0 Å². The summed E-state index contributed by atoms with van der Waals surface area (Å²) in [5.41, 5.74) is -1.03. The van der Waals surface area contributed by atoms with Crippen molar-refractivity contribution in [1.29, 1.82) is 0 Å². The summed E-state index contributed by atoms with van der Waals surface area (Å²) in [5, 5.41) is 2.68. The number of hydrogen-bond acceptors (Lipinski definition) is 4. The predicted molar refractivity (Wildman–Crippen MR) is 67.1 cm³/mol. The van der Waals surface area contributed by atoms with E-state index in [1.807, 2.05) is 0 Å². The molecule has 0 aliphatic heterocycles. The van der Waals surface area contributed by atoms with E-state index >= 15 is 0 Å². The van der Waals surface area contributed by atoms with Crippen LogP contribution in [0.25, 0.3) is 0 Å². The van der Waals surface area contributed by atoms with Gasteiger partial charge in [0.2, 0.25) is 5.91 Å². The summed E-state index contributed by atoms with van der Waals surface area (Å²) in [4.78, 5) is 16.2. The summed E-state index contributed by atoms with van der Waals surface area (Å²) < 4.78 is 73.2. The molecule has 0 saturated heterocycles. The van der Waals surface area contributed by atoms with Gasteiger partial charge in [0.05, 0.1) is 12.6 Å². The number of carbonyl (C=O) groups is 1. The van der Waals surface area contributed by atoms with E-state index in [2.05, 4.69) is 4.98 Å². The van der Waals surface area contributed by atoms with E-state index < -0.39 is 36.5 Å². The number of halogens is 6. The Balaban J connectivity index is 2.58. The fourth-order valence-corrected chi connectivity index (χ4v) is 2.26. The Morgan fingerprint density at radius 2 is 1.95 bits per heavy atom. The van der Waals surface area contributed by atoms with Gasteiger partial charge in [-0.25, -0.2) is 4.98 Å². The van der Waals surface area contributed by atoms with Gasteiger partial charge in [-0.15, -0.1) is 11.3 Å². The van der Waals surface area contributed by atoms with E-state index in [4.69, 9.17) is 0 Å². The lowest BCUT2D eigenvalue weighted by molar-refractivity contribution is -0.141. The van der Waals surface area contributed by atoms with Crippen molar-refractivity contribution in [1.82, 2.24) is 15.2 Å². The molecule has 0 aromatic carbocycles. The van der Waals surface area contributed by atoms with Crippen LogP contribution in [0.1, 0.15) is 17.6 Å². The monoisotopic (exact) mass is 349 g/mol. The summed E-state index contributed by atoms with van der Waals surface area (Å²) in [6.07, 6.45) is -9.08. The number of amides is 1. The lowest BCUT2D eigenvalue weighted by Gasteiger charge is -2.23. The Bertz CT molecular complexity index is 513. The molecule has 0 radical (unpaired) electrons. The van der Waals surface area contributed by atoms with Gasteiger partial charge in [0.25, 0.3) is 0 Å².